The Bertz CT molecular complexity index is 744. The van der Waals surface area contributed by atoms with E-state index in [9.17, 15) is 9.59 Å². The zero-order valence-corrected chi connectivity index (χ0v) is 16.5. The van der Waals surface area contributed by atoms with Crippen molar-refractivity contribution in [1.82, 2.24) is 15.1 Å². The van der Waals surface area contributed by atoms with Crippen LogP contribution in [0.3, 0.4) is 0 Å². The van der Waals surface area contributed by atoms with Crippen LogP contribution in [0.4, 0.5) is 5.69 Å². The van der Waals surface area contributed by atoms with Gasteiger partial charge in [0, 0.05) is 45.0 Å². The van der Waals surface area contributed by atoms with Crippen LogP contribution in [-0.2, 0) is 16.0 Å². The summed E-state index contributed by atoms with van der Waals surface area (Å²) in [4.78, 5) is 32.1. The smallest absolute Gasteiger partial charge is 0.236 e. The quantitative estimate of drug-likeness (QED) is 0.780. The molecule has 3 aliphatic rings. The van der Waals surface area contributed by atoms with Crippen molar-refractivity contribution in [2.45, 2.75) is 25.3 Å². The van der Waals surface area contributed by atoms with Crippen LogP contribution in [0.25, 0.3) is 0 Å². The molecule has 6 nitrogen and oxygen atoms in total. The van der Waals surface area contributed by atoms with Gasteiger partial charge in [-0.15, -0.1) is 6.58 Å². The fourth-order valence-electron chi connectivity index (χ4n) is 4.82. The van der Waals surface area contributed by atoms with Crippen molar-refractivity contribution in [3.63, 3.8) is 0 Å². The van der Waals surface area contributed by atoms with E-state index in [0.717, 1.165) is 52.0 Å². The van der Waals surface area contributed by atoms with E-state index >= 15 is 0 Å². The maximum Gasteiger partial charge on any atom is 0.236 e. The van der Waals surface area contributed by atoms with Crippen molar-refractivity contribution >= 4 is 17.5 Å². The third kappa shape index (κ3) is 3.78. The van der Waals surface area contributed by atoms with Gasteiger partial charge in [0.2, 0.25) is 11.8 Å². The first-order valence-electron chi connectivity index (χ1n) is 10.4. The van der Waals surface area contributed by atoms with E-state index in [1.54, 1.807) is 6.08 Å². The molecular formula is C22H30N4O2. The molecule has 0 saturated carbocycles. The monoisotopic (exact) mass is 382 g/mol. The number of hydrogen-bond acceptors (Lipinski definition) is 4. The molecule has 1 N–H and O–H groups in total. The highest BCUT2D eigenvalue weighted by atomic mass is 16.2. The third-order valence-corrected chi connectivity index (χ3v) is 6.28. The fraction of sp³-hybridized carbons (Fsp3) is 0.545. The van der Waals surface area contributed by atoms with Gasteiger partial charge in [-0.3, -0.25) is 14.5 Å². The average Bonchev–Trinajstić information content (AvgIpc) is 3.26. The first-order chi connectivity index (χ1) is 13.7. The standard InChI is InChI=1S/C22H30N4O2/c1-2-9-23-22(28)18-14-17-7-3-4-8-19(17)26-13-12-24(15-20(18)26)16-21(27)25-10-5-6-11-25/h2-4,7-8,18,20H,1,5-6,9-16H2,(H,23,28)/t18-,20+/m0/s1. The summed E-state index contributed by atoms with van der Waals surface area (Å²) in [6.45, 7) is 8.89. The Kier molecular flexibility index (Phi) is 5.67. The van der Waals surface area contributed by atoms with E-state index < -0.39 is 0 Å². The lowest BCUT2D eigenvalue weighted by atomic mass is 9.83. The minimum Gasteiger partial charge on any atom is -0.365 e. The molecule has 150 valence electrons. The molecule has 3 heterocycles. The number of rotatable bonds is 5. The van der Waals surface area contributed by atoms with Crippen molar-refractivity contribution in [3.05, 3.63) is 42.5 Å². The second kappa shape index (κ2) is 8.35. The molecular weight excluding hydrogens is 352 g/mol. The largest absolute Gasteiger partial charge is 0.365 e. The summed E-state index contributed by atoms with van der Waals surface area (Å²) in [6.07, 6.45) is 4.69. The molecule has 4 rings (SSSR count). The summed E-state index contributed by atoms with van der Waals surface area (Å²) in [6, 6.07) is 8.49. The van der Waals surface area contributed by atoms with E-state index in [2.05, 4.69) is 39.9 Å². The predicted molar refractivity (Wildman–Crippen MR) is 110 cm³/mol. The normalized spacial score (nSPS) is 24.4. The van der Waals surface area contributed by atoms with Crippen LogP contribution in [0, 0.1) is 5.92 Å². The Balaban J connectivity index is 1.51. The Labute approximate surface area is 167 Å². The molecule has 0 aliphatic carbocycles. The molecule has 0 aromatic heterocycles. The number of carbonyl (C=O) groups is 2. The number of fused-ring (bicyclic) bond motifs is 3. The molecule has 0 bridgehead atoms. The first kappa shape index (κ1) is 19.0. The van der Waals surface area contributed by atoms with Gasteiger partial charge in [-0.1, -0.05) is 24.3 Å². The lowest BCUT2D eigenvalue weighted by Gasteiger charge is -2.49. The Morgan fingerprint density at radius 2 is 1.93 bits per heavy atom. The molecule has 1 aromatic rings. The number of piperazine rings is 1. The van der Waals surface area contributed by atoms with Crippen LogP contribution in [0.2, 0.25) is 0 Å². The molecule has 0 unspecified atom stereocenters. The maximum absolute atomic E-state index is 12.9. The van der Waals surface area contributed by atoms with Gasteiger partial charge >= 0.3 is 0 Å². The molecule has 2 amide bonds. The molecule has 6 heteroatoms. The van der Waals surface area contributed by atoms with E-state index in [0.29, 0.717) is 13.1 Å². The van der Waals surface area contributed by atoms with Gasteiger partial charge in [-0.25, -0.2) is 0 Å². The second-order valence-electron chi connectivity index (χ2n) is 8.06. The number of nitrogens with zero attached hydrogens (tertiary/aromatic N) is 3. The highest BCUT2D eigenvalue weighted by Crippen LogP contribution is 2.35. The van der Waals surface area contributed by atoms with Crippen LogP contribution in [0.1, 0.15) is 18.4 Å². The highest BCUT2D eigenvalue weighted by Gasteiger charge is 2.41. The summed E-state index contributed by atoms with van der Waals surface area (Å²) >= 11 is 0. The molecule has 2 atom stereocenters. The van der Waals surface area contributed by atoms with E-state index in [1.165, 1.54) is 11.3 Å². The zero-order chi connectivity index (χ0) is 19.5. The van der Waals surface area contributed by atoms with Crippen LogP contribution < -0.4 is 10.2 Å². The number of nitrogens with one attached hydrogen (secondary N) is 1. The van der Waals surface area contributed by atoms with E-state index in [4.69, 9.17) is 0 Å². The van der Waals surface area contributed by atoms with Crippen molar-refractivity contribution in [2.24, 2.45) is 5.92 Å². The summed E-state index contributed by atoms with van der Waals surface area (Å²) < 4.78 is 0. The third-order valence-electron chi connectivity index (χ3n) is 6.28. The molecule has 2 fully saturated rings. The molecule has 0 spiro atoms. The molecule has 0 radical (unpaired) electrons. The molecule has 3 aliphatic heterocycles. The van der Waals surface area contributed by atoms with Crippen LogP contribution in [0.5, 0.6) is 0 Å². The summed E-state index contributed by atoms with van der Waals surface area (Å²) in [7, 11) is 0. The zero-order valence-electron chi connectivity index (χ0n) is 16.5. The number of hydrogen-bond donors (Lipinski definition) is 1. The van der Waals surface area contributed by atoms with Crippen LogP contribution in [-0.4, -0.2) is 73.5 Å². The average molecular weight is 383 g/mol. The van der Waals surface area contributed by atoms with Crippen molar-refractivity contribution in [2.75, 3.05) is 50.7 Å². The van der Waals surface area contributed by atoms with Gasteiger partial charge in [-0.05, 0) is 30.9 Å². The van der Waals surface area contributed by atoms with Gasteiger partial charge in [0.1, 0.15) is 0 Å². The lowest BCUT2D eigenvalue weighted by molar-refractivity contribution is -0.131. The van der Waals surface area contributed by atoms with E-state index in [-0.39, 0.29) is 23.8 Å². The number of amides is 2. The van der Waals surface area contributed by atoms with Gasteiger partial charge in [0.15, 0.2) is 0 Å². The van der Waals surface area contributed by atoms with Gasteiger partial charge in [0.05, 0.1) is 18.5 Å². The Hall–Kier alpha value is -2.34. The lowest BCUT2D eigenvalue weighted by Crippen LogP contribution is -2.62. The minimum absolute atomic E-state index is 0.0807. The summed E-state index contributed by atoms with van der Waals surface area (Å²) in [5.74, 6) is 0.200. The van der Waals surface area contributed by atoms with Crippen LogP contribution in [0.15, 0.2) is 36.9 Å². The predicted octanol–water partition coefficient (Wildman–Crippen LogP) is 1.27. The van der Waals surface area contributed by atoms with Crippen molar-refractivity contribution in [1.29, 1.82) is 0 Å². The first-order valence-corrected chi connectivity index (χ1v) is 10.4. The number of para-hydroxylation sites is 1. The molecule has 28 heavy (non-hydrogen) atoms. The van der Waals surface area contributed by atoms with Gasteiger partial charge in [0.25, 0.3) is 0 Å². The number of benzene rings is 1. The summed E-state index contributed by atoms with van der Waals surface area (Å²) in [5.41, 5.74) is 2.48. The number of carbonyl (C=O) groups excluding carboxylic acids is 2. The molecule has 1 aromatic carbocycles. The highest BCUT2D eigenvalue weighted by molar-refractivity contribution is 5.82. The van der Waals surface area contributed by atoms with Crippen molar-refractivity contribution < 1.29 is 9.59 Å². The summed E-state index contributed by atoms with van der Waals surface area (Å²) in [5, 5.41) is 2.99. The number of likely N-dealkylation sites (tertiary alicyclic amines) is 1. The van der Waals surface area contributed by atoms with Crippen LogP contribution >= 0.6 is 0 Å². The Morgan fingerprint density at radius 3 is 2.71 bits per heavy atom. The fourth-order valence-corrected chi connectivity index (χ4v) is 4.82. The molecule has 2 saturated heterocycles. The topological polar surface area (TPSA) is 55.9 Å². The van der Waals surface area contributed by atoms with Gasteiger partial charge < -0.3 is 15.1 Å². The van der Waals surface area contributed by atoms with E-state index in [1.807, 2.05) is 11.0 Å². The number of anilines is 1. The minimum atomic E-state index is -0.112. The van der Waals surface area contributed by atoms with Crippen molar-refractivity contribution in [3.8, 4) is 0 Å². The SMILES string of the molecule is C=CCNC(=O)[C@H]1Cc2ccccc2N2CCN(CC(=O)N3CCCC3)C[C@H]12. The second-order valence-corrected chi connectivity index (χ2v) is 8.06. The Morgan fingerprint density at radius 1 is 1.14 bits per heavy atom. The van der Waals surface area contributed by atoms with Gasteiger partial charge in [-0.2, -0.15) is 0 Å². The maximum atomic E-state index is 12.9.